The van der Waals surface area contributed by atoms with Crippen LogP contribution in [0.3, 0.4) is 0 Å². The number of nitrogens with zero attached hydrogens (tertiary/aromatic N) is 1. The molecule has 3 aromatic rings. The van der Waals surface area contributed by atoms with Crippen LogP contribution in [0.25, 0.3) is 0 Å². The molecule has 1 heterocycles. The van der Waals surface area contributed by atoms with Crippen molar-refractivity contribution in [3.05, 3.63) is 71.3 Å². The zero-order chi connectivity index (χ0) is 30.0. The van der Waals surface area contributed by atoms with E-state index in [9.17, 15) is 40.3 Å². The van der Waals surface area contributed by atoms with Crippen molar-refractivity contribution in [3.8, 4) is 23.0 Å². The van der Waals surface area contributed by atoms with Gasteiger partial charge in [0.2, 0.25) is 0 Å². The van der Waals surface area contributed by atoms with E-state index in [0.29, 0.717) is 0 Å². The van der Waals surface area contributed by atoms with Crippen LogP contribution in [0, 0.1) is 5.82 Å². The van der Waals surface area contributed by atoms with Crippen LogP contribution in [-0.2, 0) is 6.18 Å². The van der Waals surface area contributed by atoms with E-state index >= 15 is 0 Å². The van der Waals surface area contributed by atoms with Crippen LogP contribution < -0.4 is 25.3 Å². The van der Waals surface area contributed by atoms with Crippen molar-refractivity contribution in [2.45, 2.75) is 17.8 Å². The van der Waals surface area contributed by atoms with Crippen LogP contribution in [0.4, 0.5) is 36.4 Å². The molecule has 0 bridgehead atoms. The summed E-state index contributed by atoms with van der Waals surface area (Å²) in [6.07, 6.45) is -9.23. The van der Waals surface area contributed by atoms with Gasteiger partial charge in [0.05, 0.1) is 23.0 Å². The topological polar surface area (TPSA) is 113 Å². The summed E-state index contributed by atoms with van der Waals surface area (Å²) in [6, 6.07) is 5.37. The van der Waals surface area contributed by atoms with Crippen molar-refractivity contribution in [3.63, 3.8) is 0 Å². The van der Waals surface area contributed by atoms with Crippen LogP contribution >= 0.6 is 0 Å². The second kappa shape index (κ2) is 11.0. The summed E-state index contributed by atoms with van der Waals surface area (Å²) < 4.78 is 108. The van der Waals surface area contributed by atoms with Gasteiger partial charge in [-0.05, 0) is 36.4 Å². The molecule has 0 fully saturated rings. The fraction of sp³-hybridized carbons (Fsp3) is 0.136. The third-order valence-electron chi connectivity index (χ3n) is 4.68. The lowest BCUT2D eigenvalue weighted by molar-refractivity contribution is -0.274. The standard InChI is InChI=1S/C22H17B3F7N3O5/c23-21(24,25)40-17-5-10(39-22(30,31)32)2-4-15(17)38-16-7-12(20(27,28)29)13(26)6-11(16)19(37)35-9-1-3-14(18(33)36)34-8-9/h1-8H,23-25H2,(H2,33,36)(H,35,37). The highest BCUT2D eigenvalue weighted by Crippen LogP contribution is 2.41. The molecule has 3 N–H and O–H groups in total. The second-order valence-electron chi connectivity index (χ2n) is 9.05. The van der Waals surface area contributed by atoms with Crippen molar-refractivity contribution in [1.29, 1.82) is 0 Å². The van der Waals surface area contributed by atoms with Gasteiger partial charge in [-0.3, -0.25) is 9.59 Å². The molecular weight excluding hydrogens is 552 g/mol. The normalized spacial score (nSPS) is 12.0. The van der Waals surface area contributed by atoms with Gasteiger partial charge in [-0.1, -0.05) is 0 Å². The fourth-order valence-corrected chi connectivity index (χ4v) is 3.14. The van der Waals surface area contributed by atoms with Crippen LogP contribution in [0.2, 0.25) is 0 Å². The van der Waals surface area contributed by atoms with Crippen molar-refractivity contribution < 1.29 is 54.5 Å². The van der Waals surface area contributed by atoms with Gasteiger partial charge in [-0.15, -0.1) is 13.2 Å². The Kier molecular flexibility index (Phi) is 8.31. The molecule has 0 atom stereocenters. The monoisotopic (exact) mass is 569 g/mol. The van der Waals surface area contributed by atoms with E-state index in [0.717, 1.165) is 30.5 Å². The minimum Gasteiger partial charge on any atom is -0.510 e. The number of amides is 2. The number of carbonyl (C=O) groups excluding carboxylic acids is 2. The smallest absolute Gasteiger partial charge is 0.510 e. The van der Waals surface area contributed by atoms with Crippen LogP contribution in [0.1, 0.15) is 26.4 Å². The van der Waals surface area contributed by atoms with Gasteiger partial charge in [0.1, 0.15) is 46.5 Å². The van der Waals surface area contributed by atoms with Gasteiger partial charge in [-0.2, -0.15) is 13.2 Å². The molecule has 208 valence electrons. The summed E-state index contributed by atoms with van der Waals surface area (Å²) in [4.78, 5) is 27.8. The van der Waals surface area contributed by atoms with Gasteiger partial charge in [0.15, 0.2) is 11.5 Å². The van der Waals surface area contributed by atoms with E-state index in [4.69, 9.17) is 15.2 Å². The number of hydrogen-bond donors (Lipinski definition) is 2. The van der Waals surface area contributed by atoms with Crippen LogP contribution in [-0.4, -0.2) is 52.0 Å². The molecule has 0 unspecified atom stereocenters. The molecule has 2 amide bonds. The highest BCUT2D eigenvalue weighted by Gasteiger charge is 2.36. The first-order valence-corrected chi connectivity index (χ1v) is 11.1. The van der Waals surface area contributed by atoms with E-state index < -0.39 is 63.8 Å². The number of aromatic nitrogens is 1. The van der Waals surface area contributed by atoms with E-state index in [2.05, 4.69) is 15.0 Å². The third kappa shape index (κ3) is 8.07. The van der Waals surface area contributed by atoms with Gasteiger partial charge in [0, 0.05) is 11.4 Å². The van der Waals surface area contributed by atoms with Crippen molar-refractivity contribution in [2.24, 2.45) is 5.73 Å². The van der Waals surface area contributed by atoms with Gasteiger partial charge >= 0.3 is 12.5 Å². The average Bonchev–Trinajstić information content (AvgIpc) is 2.79. The first-order chi connectivity index (χ1) is 18.3. The lowest BCUT2D eigenvalue weighted by Crippen LogP contribution is -2.37. The zero-order valence-electron chi connectivity index (χ0n) is 20.8. The minimum atomic E-state index is -5.19. The van der Waals surface area contributed by atoms with Crippen LogP contribution in [0.5, 0.6) is 23.0 Å². The molecule has 0 saturated carbocycles. The molecular formula is C22H17B3F7N3O5. The van der Waals surface area contributed by atoms with Crippen molar-refractivity contribution in [1.82, 2.24) is 4.98 Å². The summed E-state index contributed by atoms with van der Waals surface area (Å²) >= 11 is 0. The number of alkyl halides is 6. The first kappa shape index (κ1) is 30.2. The second-order valence-corrected chi connectivity index (χ2v) is 9.05. The molecule has 3 rings (SSSR count). The predicted molar refractivity (Wildman–Crippen MR) is 134 cm³/mol. The van der Waals surface area contributed by atoms with Crippen molar-refractivity contribution >= 4 is 41.0 Å². The maximum atomic E-state index is 14.5. The molecule has 40 heavy (non-hydrogen) atoms. The van der Waals surface area contributed by atoms with Crippen molar-refractivity contribution in [2.75, 3.05) is 5.32 Å². The number of anilines is 1. The Labute approximate surface area is 224 Å². The number of primary amides is 1. The lowest BCUT2D eigenvalue weighted by atomic mass is 9.52. The molecule has 8 nitrogen and oxygen atoms in total. The zero-order valence-corrected chi connectivity index (χ0v) is 20.8. The summed E-state index contributed by atoms with van der Waals surface area (Å²) in [5.74, 6) is -6.14. The Balaban J connectivity index is 2.08. The number of pyridine rings is 1. The molecule has 2 aromatic carbocycles. The lowest BCUT2D eigenvalue weighted by Gasteiger charge is -2.25. The number of ether oxygens (including phenoxy) is 3. The number of nitrogens with one attached hydrogen (secondary N) is 1. The summed E-state index contributed by atoms with van der Waals surface area (Å²) in [7, 11) is 4.60. The number of halogens is 7. The fourth-order valence-electron chi connectivity index (χ4n) is 3.14. The molecule has 0 radical (unpaired) electrons. The molecule has 0 saturated heterocycles. The highest BCUT2D eigenvalue weighted by molar-refractivity contribution is 6.58. The molecule has 0 aliphatic carbocycles. The Hall–Kier alpha value is -4.37. The predicted octanol–water partition coefficient (Wildman–Crippen LogP) is 2.17. The SMILES string of the molecule is BC(B)(B)Oc1cc(OC(F)(F)F)ccc1Oc1cc(C(F)(F)F)c(F)cc1C(=O)Nc1ccc(C(N)=O)nc1. The maximum Gasteiger partial charge on any atom is 0.573 e. The van der Waals surface area contributed by atoms with Crippen LogP contribution in [0.15, 0.2) is 48.7 Å². The highest BCUT2D eigenvalue weighted by atomic mass is 19.4. The number of nitrogens with two attached hydrogens (primary N) is 1. The van der Waals surface area contributed by atoms with Gasteiger partial charge in [-0.25, -0.2) is 9.37 Å². The molecule has 0 aliphatic heterocycles. The van der Waals surface area contributed by atoms with E-state index in [-0.39, 0.29) is 29.3 Å². The Morgan fingerprint density at radius 3 is 2.08 bits per heavy atom. The number of rotatable bonds is 8. The largest absolute Gasteiger partial charge is 0.573 e. The molecule has 0 spiro atoms. The Morgan fingerprint density at radius 1 is 0.875 bits per heavy atom. The summed E-state index contributed by atoms with van der Waals surface area (Å²) in [5, 5.41) is 1.24. The summed E-state index contributed by atoms with van der Waals surface area (Å²) in [5.41, 5.74) is 2.41. The quantitative estimate of drug-likeness (QED) is 0.318. The molecule has 0 aliphatic rings. The average molecular weight is 569 g/mol. The maximum absolute atomic E-state index is 14.5. The minimum absolute atomic E-state index is 0.0355. The Bertz CT molecular complexity index is 1430. The molecule has 18 heteroatoms. The van der Waals surface area contributed by atoms with E-state index in [1.165, 1.54) is 29.6 Å². The number of hydrogen-bond acceptors (Lipinski definition) is 6. The van der Waals surface area contributed by atoms with E-state index in [1.54, 1.807) is 0 Å². The third-order valence-corrected chi connectivity index (χ3v) is 4.68. The number of benzene rings is 2. The Morgan fingerprint density at radius 2 is 1.55 bits per heavy atom. The molecule has 1 aromatic heterocycles. The number of carbonyl (C=O) groups is 2. The van der Waals surface area contributed by atoms with E-state index in [1.807, 2.05) is 0 Å². The first-order valence-electron chi connectivity index (χ1n) is 11.1. The summed E-state index contributed by atoms with van der Waals surface area (Å²) in [6.45, 7) is 0. The van der Waals surface area contributed by atoms with Gasteiger partial charge in [0.25, 0.3) is 11.8 Å². The van der Waals surface area contributed by atoms with Gasteiger partial charge < -0.3 is 25.3 Å².